The summed E-state index contributed by atoms with van der Waals surface area (Å²) >= 11 is 0. The van der Waals surface area contributed by atoms with Crippen LogP contribution in [-0.4, -0.2) is 63.7 Å². The van der Waals surface area contributed by atoms with E-state index in [1.165, 1.54) is 0 Å². The summed E-state index contributed by atoms with van der Waals surface area (Å²) in [5.41, 5.74) is 0. The Morgan fingerprint density at radius 3 is 2.12 bits per heavy atom. The van der Waals surface area contributed by atoms with Gasteiger partial charge in [0.15, 0.2) is 6.29 Å². The summed E-state index contributed by atoms with van der Waals surface area (Å²) in [6.07, 6.45) is -6.97. The molecule has 7 heteroatoms. The van der Waals surface area contributed by atoms with E-state index in [0.29, 0.717) is 0 Å². The second kappa shape index (κ2) is 7.33. The van der Waals surface area contributed by atoms with Gasteiger partial charge < -0.3 is 30.0 Å². The highest BCUT2D eigenvalue weighted by Gasteiger charge is 2.30. The summed E-state index contributed by atoms with van der Waals surface area (Å²) in [5, 5.41) is 36.8. The van der Waals surface area contributed by atoms with Crippen molar-refractivity contribution in [2.24, 2.45) is 5.92 Å². The van der Waals surface area contributed by atoms with Gasteiger partial charge in [0.1, 0.15) is 31.0 Å². The molecule has 0 bridgehead atoms. The lowest BCUT2D eigenvalue weighted by Crippen LogP contribution is -2.47. The van der Waals surface area contributed by atoms with Gasteiger partial charge in [-0.2, -0.15) is 0 Å². The van der Waals surface area contributed by atoms with Gasteiger partial charge in [0, 0.05) is 0 Å². The smallest absolute Gasteiger partial charge is 0.308 e. The van der Waals surface area contributed by atoms with E-state index >= 15 is 0 Å². The number of aldehydes is 1. The van der Waals surface area contributed by atoms with E-state index in [-0.39, 0.29) is 12.2 Å². The van der Waals surface area contributed by atoms with E-state index in [2.05, 4.69) is 4.74 Å². The van der Waals surface area contributed by atoms with E-state index < -0.39 is 37.0 Å². The normalized spacial score (nSPS) is 18.3. The third-order valence-electron chi connectivity index (χ3n) is 2.10. The summed E-state index contributed by atoms with van der Waals surface area (Å²) < 4.78 is 4.62. The molecule has 17 heavy (non-hydrogen) atoms. The van der Waals surface area contributed by atoms with Gasteiger partial charge in [0.25, 0.3) is 0 Å². The zero-order valence-corrected chi connectivity index (χ0v) is 9.68. The Morgan fingerprint density at radius 1 is 1.18 bits per heavy atom. The average Bonchev–Trinajstić information content (AvgIpc) is 2.32. The van der Waals surface area contributed by atoms with Crippen LogP contribution in [0.1, 0.15) is 13.8 Å². The summed E-state index contributed by atoms with van der Waals surface area (Å²) in [7, 11) is 0. The second-order valence-electron chi connectivity index (χ2n) is 3.96. The first-order valence-corrected chi connectivity index (χ1v) is 5.15. The van der Waals surface area contributed by atoms with Gasteiger partial charge in [-0.25, -0.2) is 0 Å². The van der Waals surface area contributed by atoms with Crippen molar-refractivity contribution in [3.63, 3.8) is 0 Å². The van der Waals surface area contributed by atoms with E-state index in [1.54, 1.807) is 13.8 Å². The van der Waals surface area contributed by atoms with Crippen LogP contribution < -0.4 is 0 Å². The van der Waals surface area contributed by atoms with Crippen LogP contribution in [0.3, 0.4) is 0 Å². The number of ether oxygens (including phenoxy) is 1. The fourth-order valence-electron chi connectivity index (χ4n) is 0.943. The minimum atomic E-state index is -1.83. The maximum Gasteiger partial charge on any atom is 0.308 e. The number of esters is 1. The van der Waals surface area contributed by atoms with Crippen molar-refractivity contribution < 1.29 is 34.8 Å². The standard InChI is InChI=1S/C10H18O7/c1-5(2)10(16)17-4-7(13)9(15)8(14)6(12)3-11/h3,5-9,12-15H,4H2,1-2H3/t6-,7-,8-,9-/m1/s1. The lowest BCUT2D eigenvalue weighted by atomic mass is 10.0. The minimum Gasteiger partial charge on any atom is -0.463 e. The third kappa shape index (κ3) is 5.22. The van der Waals surface area contributed by atoms with Crippen LogP contribution in [0, 0.1) is 5.92 Å². The first-order chi connectivity index (χ1) is 7.81. The minimum absolute atomic E-state index is 0.0285. The van der Waals surface area contributed by atoms with Crippen molar-refractivity contribution >= 4 is 12.3 Å². The topological polar surface area (TPSA) is 124 Å². The van der Waals surface area contributed by atoms with Gasteiger partial charge in [0.05, 0.1) is 5.92 Å². The van der Waals surface area contributed by atoms with Crippen molar-refractivity contribution in [1.29, 1.82) is 0 Å². The van der Waals surface area contributed by atoms with Crippen LogP contribution in [0.2, 0.25) is 0 Å². The lowest BCUT2D eigenvalue weighted by molar-refractivity contribution is -0.159. The molecular formula is C10H18O7. The molecule has 0 aliphatic rings. The van der Waals surface area contributed by atoms with Crippen LogP contribution in [0.5, 0.6) is 0 Å². The Kier molecular flexibility index (Phi) is 6.89. The predicted molar refractivity (Wildman–Crippen MR) is 55.9 cm³/mol. The number of aliphatic hydroxyl groups is 4. The Morgan fingerprint density at radius 2 is 1.71 bits per heavy atom. The zero-order chi connectivity index (χ0) is 13.6. The van der Waals surface area contributed by atoms with E-state index in [4.69, 9.17) is 5.11 Å². The number of hydrogen-bond donors (Lipinski definition) is 4. The predicted octanol–water partition coefficient (Wildman–Crippen LogP) is -2.17. The molecule has 0 aliphatic carbocycles. The molecule has 0 radical (unpaired) electrons. The molecule has 100 valence electrons. The van der Waals surface area contributed by atoms with E-state index in [0.717, 1.165) is 0 Å². The maximum atomic E-state index is 11.0. The summed E-state index contributed by atoms with van der Waals surface area (Å²) in [5.74, 6) is -0.952. The molecular weight excluding hydrogens is 232 g/mol. The highest BCUT2D eigenvalue weighted by molar-refractivity contribution is 5.71. The van der Waals surface area contributed by atoms with E-state index in [1.807, 2.05) is 0 Å². The highest BCUT2D eigenvalue weighted by Crippen LogP contribution is 2.06. The molecule has 0 aromatic carbocycles. The van der Waals surface area contributed by atoms with Crippen molar-refractivity contribution in [2.75, 3.05) is 6.61 Å². The SMILES string of the molecule is CC(C)C(=O)OC[C@@H](O)[C@@H](O)[C@H](O)[C@H](O)C=O. The molecule has 0 rings (SSSR count). The monoisotopic (exact) mass is 250 g/mol. The molecule has 0 fully saturated rings. The number of carbonyl (C=O) groups is 2. The molecule has 0 aromatic rings. The number of carbonyl (C=O) groups excluding carboxylic acids is 2. The highest BCUT2D eigenvalue weighted by atomic mass is 16.5. The first-order valence-electron chi connectivity index (χ1n) is 5.15. The fraction of sp³-hybridized carbons (Fsp3) is 0.800. The first kappa shape index (κ1) is 16.0. The average molecular weight is 250 g/mol. The second-order valence-corrected chi connectivity index (χ2v) is 3.96. The van der Waals surface area contributed by atoms with Crippen LogP contribution in [-0.2, 0) is 14.3 Å². The lowest BCUT2D eigenvalue weighted by Gasteiger charge is -2.24. The molecule has 0 saturated heterocycles. The van der Waals surface area contributed by atoms with Crippen molar-refractivity contribution in [2.45, 2.75) is 38.3 Å². The Balaban J connectivity index is 4.18. The van der Waals surface area contributed by atoms with Gasteiger partial charge in [-0.05, 0) is 0 Å². The number of rotatable bonds is 7. The van der Waals surface area contributed by atoms with Crippen molar-refractivity contribution in [3.05, 3.63) is 0 Å². The largest absolute Gasteiger partial charge is 0.463 e. The molecule has 0 aliphatic heterocycles. The van der Waals surface area contributed by atoms with Crippen molar-refractivity contribution in [3.8, 4) is 0 Å². The molecule has 0 saturated carbocycles. The number of aliphatic hydroxyl groups excluding tert-OH is 4. The Labute approximate surface area is 98.6 Å². The maximum absolute atomic E-state index is 11.0. The Hall–Kier alpha value is -1.02. The molecule has 0 heterocycles. The molecule has 4 N–H and O–H groups in total. The molecule has 4 atom stereocenters. The number of hydrogen-bond acceptors (Lipinski definition) is 7. The molecule has 0 aromatic heterocycles. The zero-order valence-electron chi connectivity index (χ0n) is 9.68. The van der Waals surface area contributed by atoms with E-state index in [9.17, 15) is 24.9 Å². The third-order valence-corrected chi connectivity index (χ3v) is 2.10. The fourth-order valence-corrected chi connectivity index (χ4v) is 0.943. The van der Waals surface area contributed by atoms with Crippen LogP contribution in [0.25, 0.3) is 0 Å². The van der Waals surface area contributed by atoms with Gasteiger partial charge >= 0.3 is 5.97 Å². The van der Waals surface area contributed by atoms with Crippen LogP contribution in [0.4, 0.5) is 0 Å². The van der Waals surface area contributed by atoms with Gasteiger partial charge in [-0.3, -0.25) is 4.79 Å². The quantitative estimate of drug-likeness (QED) is 0.299. The van der Waals surface area contributed by atoms with Crippen LogP contribution in [0.15, 0.2) is 0 Å². The summed E-state index contributed by atoms with van der Waals surface area (Å²) in [6, 6.07) is 0. The van der Waals surface area contributed by atoms with Gasteiger partial charge in [0.2, 0.25) is 0 Å². The van der Waals surface area contributed by atoms with Crippen LogP contribution >= 0.6 is 0 Å². The van der Waals surface area contributed by atoms with Gasteiger partial charge in [-0.1, -0.05) is 13.8 Å². The van der Waals surface area contributed by atoms with Gasteiger partial charge in [-0.15, -0.1) is 0 Å². The molecule has 0 spiro atoms. The molecule has 0 amide bonds. The summed E-state index contributed by atoms with van der Waals surface area (Å²) in [4.78, 5) is 21.2. The molecule has 7 nitrogen and oxygen atoms in total. The van der Waals surface area contributed by atoms with Crippen molar-refractivity contribution in [1.82, 2.24) is 0 Å². The summed E-state index contributed by atoms with van der Waals surface area (Å²) in [6.45, 7) is 2.66. The molecule has 0 unspecified atom stereocenters. The Bertz CT molecular complexity index is 253.